The summed E-state index contributed by atoms with van der Waals surface area (Å²) in [6, 6.07) is 0. The van der Waals surface area contributed by atoms with Crippen LogP contribution in [0.2, 0.25) is 72.5 Å². The first-order valence-corrected chi connectivity index (χ1v) is 36.5. The predicted octanol–water partition coefficient (Wildman–Crippen LogP) is 16.8. The monoisotopic (exact) mass is 952 g/mol. The molecule has 0 amide bonds. The molecule has 0 unspecified atom stereocenters. The highest BCUT2D eigenvalue weighted by Crippen LogP contribution is 2.45. The number of aromatic nitrogens is 1. The Hall–Kier alpha value is -0.512. The Morgan fingerprint density at radius 3 is 1.63 bits per heavy atom. The number of nitrogens with zero attached hydrogens (tertiary/aromatic N) is 1. The maximum atomic E-state index is 15.2. The van der Waals surface area contributed by atoms with Gasteiger partial charge in [0.25, 0.3) is 0 Å². The molecule has 0 aliphatic carbocycles. The molecule has 0 radical (unpaired) electrons. The van der Waals surface area contributed by atoms with Gasteiger partial charge in [-0.15, -0.1) is 11.3 Å². The molecule has 0 saturated heterocycles. The van der Waals surface area contributed by atoms with Crippen molar-refractivity contribution in [3.8, 4) is 0 Å². The van der Waals surface area contributed by atoms with Crippen molar-refractivity contribution in [1.82, 2.24) is 4.98 Å². The molecule has 1 aromatic rings. The summed E-state index contributed by atoms with van der Waals surface area (Å²) in [6.07, 6.45) is 8.74. The van der Waals surface area contributed by atoms with Crippen molar-refractivity contribution in [2.45, 2.75) is 254 Å². The number of rotatable bonds is 23. The lowest BCUT2D eigenvalue weighted by Gasteiger charge is -2.47. The van der Waals surface area contributed by atoms with E-state index in [4.69, 9.17) is 22.7 Å². The number of carbonyl (C=O) groups excluding carboxylic acids is 1. The molecule has 1 aromatic heterocycles. The molecule has 6 nitrogen and oxygen atoms in total. The second-order valence-electron chi connectivity index (χ2n) is 25.7. The minimum absolute atomic E-state index is 0.00687. The summed E-state index contributed by atoms with van der Waals surface area (Å²) in [5.74, 6) is 0.154. The van der Waals surface area contributed by atoms with Gasteiger partial charge in [0.05, 0.1) is 29.0 Å². The van der Waals surface area contributed by atoms with Crippen molar-refractivity contribution < 1.29 is 22.5 Å². The lowest BCUT2D eigenvalue weighted by molar-refractivity contribution is -0.141. The maximum absolute atomic E-state index is 15.2. The average Bonchev–Trinajstić information content (AvgIpc) is 3.49. The van der Waals surface area contributed by atoms with Crippen LogP contribution in [-0.4, -0.2) is 69.0 Å². The Balaban J connectivity index is 3.47. The van der Waals surface area contributed by atoms with Crippen molar-refractivity contribution >= 4 is 56.5 Å². The van der Waals surface area contributed by atoms with Gasteiger partial charge in [-0.3, -0.25) is 4.79 Å². The Kier molecular flexibility index (Phi) is 21.2. The zero-order chi connectivity index (χ0) is 48.9. The molecule has 62 heavy (non-hydrogen) atoms. The van der Waals surface area contributed by atoms with E-state index in [2.05, 4.69) is 201 Å². The standard InChI is InChI=1S/C51H101NO5SSi4/c1-37(31-32-43(55-60(22,23)48(9,10)11)39(3)35-42-36-58-41(5)52-42)29-28-30-38(2)45(57-62(26,27)50(15,16)17)40(4)46(53)51(18,19)44(56-61(24,25)49(12,13)14)33-34-54-59(20,21)47(6,7)8/h31,35-36,38,40,43-45H,28-30,32-34H2,1-27H3/b37-31+,39-35+/t38-,40+,43-,44-,45-/m0/s1. The highest BCUT2D eigenvalue weighted by Gasteiger charge is 2.50. The van der Waals surface area contributed by atoms with E-state index in [9.17, 15) is 0 Å². The summed E-state index contributed by atoms with van der Waals surface area (Å²) >= 11 is 1.69. The molecule has 0 aliphatic heterocycles. The van der Waals surface area contributed by atoms with Crippen molar-refractivity contribution in [2.75, 3.05) is 6.61 Å². The van der Waals surface area contributed by atoms with Gasteiger partial charge in [-0.1, -0.05) is 122 Å². The minimum Gasteiger partial charge on any atom is -0.417 e. The van der Waals surface area contributed by atoms with Gasteiger partial charge in [0.15, 0.2) is 33.3 Å². The van der Waals surface area contributed by atoms with Crippen LogP contribution in [0.15, 0.2) is 22.6 Å². The third-order valence-corrected chi connectivity index (χ3v) is 34.5. The summed E-state index contributed by atoms with van der Waals surface area (Å²) in [5.41, 5.74) is 2.90. The Bertz CT molecular complexity index is 1630. The molecule has 0 bridgehead atoms. The van der Waals surface area contributed by atoms with Crippen LogP contribution in [0.25, 0.3) is 6.08 Å². The lowest BCUT2D eigenvalue weighted by Crippen LogP contribution is -2.54. The van der Waals surface area contributed by atoms with E-state index in [0.717, 1.165) is 36.4 Å². The highest BCUT2D eigenvalue weighted by atomic mass is 32.1. The number of aryl methyl sites for hydroxylation is 1. The van der Waals surface area contributed by atoms with Gasteiger partial charge in [0.2, 0.25) is 0 Å². The van der Waals surface area contributed by atoms with Crippen molar-refractivity contribution in [2.24, 2.45) is 17.3 Å². The van der Waals surface area contributed by atoms with Crippen LogP contribution in [-0.2, 0) is 22.5 Å². The molecule has 0 saturated carbocycles. The molecular formula is C51H101NO5SSi4. The molecule has 1 rings (SSSR count). The first kappa shape index (κ1) is 59.5. The van der Waals surface area contributed by atoms with Crippen LogP contribution in [0.3, 0.4) is 0 Å². The summed E-state index contributed by atoms with van der Waals surface area (Å²) in [4.78, 5) is 19.9. The molecule has 0 N–H and O–H groups in total. The van der Waals surface area contributed by atoms with Crippen LogP contribution in [0.1, 0.15) is 167 Å². The first-order chi connectivity index (χ1) is 27.5. The van der Waals surface area contributed by atoms with E-state index in [1.165, 1.54) is 11.1 Å². The average molecular weight is 953 g/mol. The van der Waals surface area contributed by atoms with E-state index in [1.807, 2.05) is 0 Å². The molecule has 0 aromatic carbocycles. The zero-order valence-corrected chi connectivity index (χ0v) is 50.6. The number of Topliss-reactive ketones (excluding diaryl/α,β-unsaturated/α-hetero) is 1. The maximum Gasteiger partial charge on any atom is 0.192 e. The SMILES string of the molecule is C/C(=C\C[C@H](O[Si](C)(C)C(C)(C)C)/C(C)=C/c1csc(C)n1)CCC[C@H](C)[C@H](O[Si](C)(C)C(C)(C)C)[C@@H](C)C(=O)C(C)(C)[C@H](CCO[Si](C)(C)C(C)(C)C)O[Si](C)(C)C(C)(C)C. The van der Waals surface area contributed by atoms with Gasteiger partial charge in [-0.25, -0.2) is 4.98 Å². The van der Waals surface area contributed by atoms with Gasteiger partial charge in [0, 0.05) is 23.3 Å². The number of carbonyl (C=O) groups is 1. The van der Waals surface area contributed by atoms with Crippen molar-refractivity contribution in [3.05, 3.63) is 33.3 Å². The van der Waals surface area contributed by atoms with Crippen LogP contribution in [0.4, 0.5) is 0 Å². The van der Waals surface area contributed by atoms with E-state index in [1.54, 1.807) is 11.3 Å². The fourth-order valence-corrected chi connectivity index (χ4v) is 12.7. The smallest absolute Gasteiger partial charge is 0.192 e. The van der Waals surface area contributed by atoms with Gasteiger partial charge in [0.1, 0.15) is 5.78 Å². The summed E-state index contributed by atoms with van der Waals surface area (Å²) in [6.45, 7) is 62.0. The first-order valence-electron chi connectivity index (χ1n) is 24.0. The normalized spacial score (nSPS) is 17.5. The van der Waals surface area contributed by atoms with Crippen LogP contribution < -0.4 is 0 Å². The molecule has 1 heterocycles. The molecular weight excluding hydrogens is 851 g/mol. The summed E-state index contributed by atoms with van der Waals surface area (Å²) in [5, 5.41) is 3.48. The third-order valence-electron chi connectivity index (χ3n) is 15.7. The van der Waals surface area contributed by atoms with Crippen molar-refractivity contribution in [1.29, 1.82) is 0 Å². The molecule has 0 fully saturated rings. The fourth-order valence-electron chi connectivity index (χ4n) is 6.77. The minimum atomic E-state index is -2.23. The summed E-state index contributed by atoms with van der Waals surface area (Å²) < 4.78 is 28.4. The van der Waals surface area contributed by atoms with Gasteiger partial charge in [-0.2, -0.15) is 0 Å². The van der Waals surface area contributed by atoms with Crippen LogP contribution >= 0.6 is 11.3 Å². The Morgan fingerprint density at radius 2 is 1.18 bits per heavy atom. The largest absolute Gasteiger partial charge is 0.417 e. The van der Waals surface area contributed by atoms with Gasteiger partial charge in [-0.05, 0) is 143 Å². The number of thiazole rings is 1. The number of allylic oxidation sites excluding steroid dienone is 1. The molecule has 0 aliphatic rings. The predicted molar refractivity (Wildman–Crippen MR) is 284 cm³/mol. The lowest BCUT2D eigenvalue weighted by atomic mass is 9.73. The second kappa shape index (κ2) is 22.1. The second-order valence-corrected chi connectivity index (χ2v) is 45.8. The van der Waals surface area contributed by atoms with E-state index in [-0.39, 0.29) is 56.1 Å². The van der Waals surface area contributed by atoms with Crippen LogP contribution in [0.5, 0.6) is 0 Å². The summed E-state index contributed by atoms with van der Waals surface area (Å²) in [7, 11) is -8.46. The highest BCUT2D eigenvalue weighted by molar-refractivity contribution is 7.09. The molecule has 0 spiro atoms. The van der Waals surface area contributed by atoms with Gasteiger partial charge < -0.3 is 17.7 Å². The molecule has 362 valence electrons. The van der Waals surface area contributed by atoms with E-state index < -0.39 is 38.7 Å². The topological polar surface area (TPSA) is 66.9 Å². The van der Waals surface area contributed by atoms with E-state index >= 15 is 4.79 Å². The zero-order valence-electron chi connectivity index (χ0n) is 45.8. The molecule has 11 heteroatoms. The fraction of sp³-hybridized carbons (Fsp3) is 0.843. The Morgan fingerprint density at radius 1 is 0.710 bits per heavy atom. The third kappa shape index (κ3) is 17.0. The Labute approximate surface area is 393 Å². The van der Waals surface area contributed by atoms with E-state index in [0.29, 0.717) is 13.0 Å². The van der Waals surface area contributed by atoms with Crippen LogP contribution in [0, 0.1) is 24.2 Å². The number of hydrogen-bond acceptors (Lipinski definition) is 7. The number of hydrogen-bond donors (Lipinski definition) is 0. The molecule has 5 atom stereocenters. The van der Waals surface area contributed by atoms with Gasteiger partial charge >= 0.3 is 0 Å². The van der Waals surface area contributed by atoms with Crippen molar-refractivity contribution in [3.63, 3.8) is 0 Å². The quantitative estimate of drug-likeness (QED) is 0.0804. The number of ketones is 1.